The molecule has 1 heterocycles. The second-order valence-electron chi connectivity index (χ2n) is 5.22. The van der Waals surface area contributed by atoms with Crippen molar-refractivity contribution in [3.63, 3.8) is 0 Å². The van der Waals surface area contributed by atoms with Crippen LogP contribution in [-0.2, 0) is 4.79 Å². The van der Waals surface area contributed by atoms with Gasteiger partial charge in [-0.05, 0) is 48.9 Å². The Kier molecular flexibility index (Phi) is 3.75. The van der Waals surface area contributed by atoms with Gasteiger partial charge in [-0.3, -0.25) is 9.59 Å². The number of hydrogen-bond donors (Lipinski definition) is 2. The van der Waals surface area contributed by atoms with Gasteiger partial charge in [-0.2, -0.15) is 0 Å². The van der Waals surface area contributed by atoms with Crippen LogP contribution in [0.2, 0.25) is 0 Å². The molecule has 0 bridgehead atoms. The lowest BCUT2D eigenvalue weighted by Crippen LogP contribution is -2.15. The van der Waals surface area contributed by atoms with Crippen LogP contribution in [0.25, 0.3) is 0 Å². The first-order chi connectivity index (χ1) is 10.1. The number of benzene rings is 1. The molecule has 2 aromatic rings. The second-order valence-corrected chi connectivity index (χ2v) is 6.17. The van der Waals surface area contributed by atoms with E-state index >= 15 is 0 Å². The minimum absolute atomic E-state index is 0.0693. The van der Waals surface area contributed by atoms with E-state index in [4.69, 9.17) is 0 Å². The van der Waals surface area contributed by atoms with E-state index in [2.05, 4.69) is 10.6 Å². The fourth-order valence-electron chi connectivity index (χ4n) is 2.02. The fraction of sp³-hybridized carbons (Fsp3) is 0.250. The lowest BCUT2D eigenvalue weighted by molar-refractivity contribution is -0.117. The molecule has 1 aromatic carbocycles. The summed E-state index contributed by atoms with van der Waals surface area (Å²) in [7, 11) is 0. The third-order valence-electron chi connectivity index (χ3n) is 3.45. The van der Waals surface area contributed by atoms with Crippen LogP contribution in [0.4, 0.5) is 11.4 Å². The van der Waals surface area contributed by atoms with Crippen molar-refractivity contribution in [1.82, 2.24) is 0 Å². The topological polar surface area (TPSA) is 58.2 Å². The van der Waals surface area contributed by atoms with E-state index in [1.165, 1.54) is 11.3 Å². The molecule has 1 fully saturated rings. The highest BCUT2D eigenvalue weighted by atomic mass is 32.1. The smallest absolute Gasteiger partial charge is 0.265 e. The SMILES string of the molecule is Cc1ccc(NC(=O)c2cccs2)cc1NC(=O)C1CC1. The molecule has 0 atom stereocenters. The van der Waals surface area contributed by atoms with E-state index in [0.717, 1.165) is 24.1 Å². The second kappa shape index (κ2) is 5.69. The quantitative estimate of drug-likeness (QED) is 0.905. The molecule has 0 spiro atoms. The standard InChI is InChI=1S/C16H16N2O2S/c1-10-4-7-12(17-16(20)14-3-2-8-21-14)9-13(10)18-15(19)11-5-6-11/h2-4,7-9,11H,5-6H2,1H3,(H,17,20)(H,18,19). The average Bonchev–Trinajstić information content (AvgIpc) is 3.17. The average molecular weight is 300 g/mol. The van der Waals surface area contributed by atoms with Crippen LogP contribution >= 0.6 is 11.3 Å². The van der Waals surface area contributed by atoms with Crippen LogP contribution in [-0.4, -0.2) is 11.8 Å². The minimum Gasteiger partial charge on any atom is -0.326 e. The zero-order chi connectivity index (χ0) is 14.8. The highest BCUT2D eigenvalue weighted by Gasteiger charge is 2.29. The van der Waals surface area contributed by atoms with Gasteiger partial charge < -0.3 is 10.6 Å². The highest BCUT2D eigenvalue weighted by molar-refractivity contribution is 7.12. The van der Waals surface area contributed by atoms with E-state index in [1.807, 2.05) is 30.5 Å². The van der Waals surface area contributed by atoms with Gasteiger partial charge in [-0.15, -0.1) is 11.3 Å². The van der Waals surface area contributed by atoms with Crippen molar-refractivity contribution in [1.29, 1.82) is 0 Å². The van der Waals surface area contributed by atoms with Crippen LogP contribution in [0.1, 0.15) is 28.1 Å². The number of aryl methyl sites for hydroxylation is 1. The number of carbonyl (C=O) groups is 2. The van der Waals surface area contributed by atoms with Gasteiger partial charge >= 0.3 is 0 Å². The van der Waals surface area contributed by atoms with Crippen molar-refractivity contribution in [2.24, 2.45) is 5.92 Å². The summed E-state index contributed by atoms with van der Waals surface area (Å²) >= 11 is 1.40. The van der Waals surface area contributed by atoms with Crippen molar-refractivity contribution >= 4 is 34.5 Å². The number of hydrogen-bond acceptors (Lipinski definition) is 3. The Morgan fingerprint density at radius 2 is 2.00 bits per heavy atom. The predicted octanol–water partition coefficient (Wildman–Crippen LogP) is 3.66. The molecule has 2 amide bonds. The molecule has 1 aromatic heterocycles. The van der Waals surface area contributed by atoms with Gasteiger partial charge in [0, 0.05) is 17.3 Å². The largest absolute Gasteiger partial charge is 0.326 e. The summed E-state index contributed by atoms with van der Waals surface area (Å²) in [5.74, 6) is 0.0990. The van der Waals surface area contributed by atoms with E-state index < -0.39 is 0 Å². The molecule has 1 saturated carbocycles. The number of anilines is 2. The maximum absolute atomic E-state index is 12.0. The van der Waals surface area contributed by atoms with Crippen LogP contribution in [0.3, 0.4) is 0 Å². The fourth-order valence-corrected chi connectivity index (χ4v) is 2.63. The lowest BCUT2D eigenvalue weighted by Gasteiger charge is -2.11. The molecule has 5 heteroatoms. The highest BCUT2D eigenvalue weighted by Crippen LogP contribution is 2.31. The van der Waals surface area contributed by atoms with Gasteiger partial charge in [0.1, 0.15) is 0 Å². The molecule has 0 aliphatic heterocycles. The predicted molar refractivity (Wildman–Crippen MR) is 84.8 cm³/mol. The molecule has 3 rings (SSSR count). The Bertz CT molecular complexity index is 676. The van der Waals surface area contributed by atoms with Crippen LogP contribution in [0, 0.1) is 12.8 Å². The normalized spacial score (nSPS) is 13.8. The minimum atomic E-state index is -0.131. The maximum Gasteiger partial charge on any atom is 0.265 e. The number of rotatable bonds is 4. The zero-order valence-corrected chi connectivity index (χ0v) is 12.5. The number of amides is 2. The molecule has 4 nitrogen and oxygen atoms in total. The van der Waals surface area contributed by atoms with E-state index in [1.54, 1.807) is 12.1 Å². The van der Waals surface area contributed by atoms with Gasteiger partial charge in [-0.1, -0.05) is 12.1 Å². The van der Waals surface area contributed by atoms with Crippen molar-refractivity contribution in [3.05, 3.63) is 46.2 Å². The molecule has 1 aliphatic rings. The van der Waals surface area contributed by atoms with Crippen molar-refractivity contribution in [2.45, 2.75) is 19.8 Å². The number of nitrogens with one attached hydrogen (secondary N) is 2. The number of carbonyl (C=O) groups excluding carboxylic acids is 2. The monoisotopic (exact) mass is 300 g/mol. The Labute approximate surface area is 127 Å². The van der Waals surface area contributed by atoms with Crippen LogP contribution in [0.15, 0.2) is 35.7 Å². The Morgan fingerprint density at radius 1 is 1.19 bits per heavy atom. The van der Waals surface area contributed by atoms with Crippen LogP contribution in [0.5, 0.6) is 0 Å². The van der Waals surface area contributed by atoms with Gasteiger partial charge in [0.05, 0.1) is 4.88 Å². The van der Waals surface area contributed by atoms with E-state index in [-0.39, 0.29) is 17.7 Å². The first-order valence-corrected chi connectivity index (χ1v) is 7.78. The molecular formula is C16H16N2O2S. The maximum atomic E-state index is 12.0. The lowest BCUT2D eigenvalue weighted by atomic mass is 10.1. The molecule has 2 N–H and O–H groups in total. The third kappa shape index (κ3) is 3.31. The van der Waals surface area contributed by atoms with Gasteiger partial charge in [0.25, 0.3) is 5.91 Å². The van der Waals surface area contributed by atoms with Gasteiger partial charge in [0.15, 0.2) is 0 Å². The van der Waals surface area contributed by atoms with Gasteiger partial charge in [0.2, 0.25) is 5.91 Å². The Hall–Kier alpha value is -2.14. The molecule has 1 aliphatic carbocycles. The van der Waals surface area contributed by atoms with Crippen molar-refractivity contribution in [3.8, 4) is 0 Å². The molecular weight excluding hydrogens is 284 g/mol. The van der Waals surface area contributed by atoms with Crippen molar-refractivity contribution < 1.29 is 9.59 Å². The van der Waals surface area contributed by atoms with Gasteiger partial charge in [-0.25, -0.2) is 0 Å². The Morgan fingerprint density at radius 3 is 2.67 bits per heavy atom. The van der Waals surface area contributed by atoms with Crippen LogP contribution < -0.4 is 10.6 Å². The molecule has 0 saturated heterocycles. The first-order valence-electron chi connectivity index (χ1n) is 6.90. The third-order valence-corrected chi connectivity index (χ3v) is 4.32. The summed E-state index contributed by atoms with van der Waals surface area (Å²) < 4.78 is 0. The summed E-state index contributed by atoms with van der Waals surface area (Å²) in [5.41, 5.74) is 2.43. The number of thiophene rings is 1. The summed E-state index contributed by atoms with van der Waals surface area (Å²) in [5, 5.41) is 7.65. The summed E-state index contributed by atoms with van der Waals surface area (Å²) in [4.78, 5) is 24.5. The van der Waals surface area contributed by atoms with E-state index in [0.29, 0.717) is 10.6 Å². The molecule has 0 radical (unpaired) electrons. The summed E-state index contributed by atoms with van der Waals surface area (Å²) in [6.07, 6.45) is 1.94. The molecule has 108 valence electrons. The summed E-state index contributed by atoms with van der Waals surface area (Å²) in [6.45, 7) is 1.94. The van der Waals surface area contributed by atoms with E-state index in [9.17, 15) is 9.59 Å². The summed E-state index contributed by atoms with van der Waals surface area (Å²) in [6, 6.07) is 9.17. The molecule has 0 unspecified atom stereocenters. The zero-order valence-electron chi connectivity index (χ0n) is 11.7. The first kappa shape index (κ1) is 13.8. The van der Waals surface area contributed by atoms with Crippen molar-refractivity contribution in [2.75, 3.05) is 10.6 Å². The molecule has 21 heavy (non-hydrogen) atoms. The Balaban J connectivity index is 1.73.